The fraction of sp³-hybridized carbons (Fsp3) is 0.478. The average Bonchev–Trinajstić information content (AvgIpc) is 2.68. The lowest BCUT2D eigenvalue weighted by atomic mass is 9.94. The van der Waals surface area contributed by atoms with Crippen molar-refractivity contribution in [1.82, 2.24) is 0 Å². The molecule has 29 heavy (non-hydrogen) atoms. The summed E-state index contributed by atoms with van der Waals surface area (Å²) < 4.78 is 11.1. The zero-order chi connectivity index (χ0) is 21.0. The number of phenols is 1. The van der Waals surface area contributed by atoms with Crippen molar-refractivity contribution >= 4 is 34.4 Å². The summed E-state index contributed by atoms with van der Waals surface area (Å²) in [7, 11) is 1.66. The molecule has 1 aliphatic rings. The third-order valence-corrected chi connectivity index (χ3v) is 8.69. The van der Waals surface area contributed by atoms with Gasteiger partial charge in [-0.15, -0.1) is 11.8 Å². The number of aliphatic hydroxyl groups is 1. The van der Waals surface area contributed by atoms with Gasteiger partial charge in [0.05, 0.1) is 24.6 Å². The summed E-state index contributed by atoms with van der Waals surface area (Å²) in [4.78, 5) is 0. The first-order valence-corrected chi connectivity index (χ1v) is 12.1. The molecule has 2 N–H and O–H groups in total. The largest absolute Gasteiger partial charge is 0.508 e. The number of rotatable bonds is 7. The normalized spacial score (nSPS) is 24.4. The van der Waals surface area contributed by atoms with Gasteiger partial charge in [-0.1, -0.05) is 40.8 Å². The summed E-state index contributed by atoms with van der Waals surface area (Å²) in [5, 5.41) is 21.2. The van der Waals surface area contributed by atoms with E-state index in [1.54, 1.807) is 18.9 Å². The number of aromatic hydroxyl groups is 1. The third kappa shape index (κ3) is 5.60. The molecule has 1 fully saturated rings. The SMILES string of the molecule is CCOc1ccc(Cc2cc(C3SC(COC)C(O)CC3I)c(O)cc2C)cc1. The highest BCUT2D eigenvalue weighted by atomic mass is 127. The zero-order valence-electron chi connectivity index (χ0n) is 17.1. The fourth-order valence-electron chi connectivity index (χ4n) is 3.72. The fourth-order valence-corrected chi connectivity index (χ4v) is 6.64. The van der Waals surface area contributed by atoms with Gasteiger partial charge in [0, 0.05) is 21.8 Å². The van der Waals surface area contributed by atoms with Crippen LogP contribution in [0, 0.1) is 6.92 Å². The molecule has 0 amide bonds. The van der Waals surface area contributed by atoms with E-state index in [2.05, 4.69) is 40.8 Å². The summed E-state index contributed by atoms with van der Waals surface area (Å²) >= 11 is 4.11. The minimum Gasteiger partial charge on any atom is -0.508 e. The number of benzene rings is 2. The molecule has 1 aliphatic heterocycles. The molecule has 3 rings (SSSR count). The Morgan fingerprint density at radius 1 is 1.21 bits per heavy atom. The second-order valence-electron chi connectivity index (χ2n) is 7.46. The van der Waals surface area contributed by atoms with Crippen molar-refractivity contribution in [2.75, 3.05) is 20.3 Å². The Hall–Kier alpha value is -0.960. The molecule has 4 unspecified atom stereocenters. The van der Waals surface area contributed by atoms with Gasteiger partial charge >= 0.3 is 0 Å². The van der Waals surface area contributed by atoms with Crippen molar-refractivity contribution in [3.8, 4) is 11.5 Å². The number of methoxy groups -OCH3 is 1. The van der Waals surface area contributed by atoms with Gasteiger partial charge in [0.2, 0.25) is 0 Å². The minimum absolute atomic E-state index is 0.0197. The maximum absolute atomic E-state index is 10.7. The molecule has 0 spiro atoms. The van der Waals surface area contributed by atoms with Crippen LogP contribution in [0.4, 0.5) is 0 Å². The molecule has 0 radical (unpaired) electrons. The van der Waals surface area contributed by atoms with Gasteiger partial charge < -0.3 is 19.7 Å². The number of aliphatic hydroxyl groups excluding tert-OH is 1. The van der Waals surface area contributed by atoms with Crippen LogP contribution in [0.2, 0.25) is 0 Å². The number of phenolic OH excluding ortho intramolecular Hbond substituents is 1. The first-order chi connectivity index (χ1) is 13.9. The molecular weight excluding hydrogens is 499 g/mol. The highest BCUT2D eigenvalue weighted by molar-refractivity contribution is 14.1. The number of hydrogen-bond donors (Lipinski definition) is 2. The number of halogens is 1. The zero-order valence-corrected chi connectivity index (χ0v) is 20.1. The van der Waals surface area contributed by atoms with Crippen LogP contribution in [0.3, 0.4) is 0 Å². The molecule has 4 nitrogen and oxygen atoms in total. The van der Waals surface area contributed by atoms with E-state index in [1.807, 2.05) is 32.0 Å². The maximum atomic E-state index is 10.7. The van der Waals surface area contributed by atoms with Crippen molar-refractivity contribution in [2.45, 2.75) is 47.2 Å². The standard InChI is InChI=1S/C23H29IO4S/c1-4-28-17-7-5-15(6-8-17)10-16-11-18(20(25)9-14(16)2)23-19(24)12-21(26)22(29-23)13-27-3/h5-9,11,19,21-23,25-26H,4,10,12-13H2,1-3H3. The van der Waals surface area contributed by atoms with Crippen LogP contribution in [0.5, 0.6) is 11.5 Å². The summed E-state index contributed by atoms with van der Waals surface area (Å²) in [5.41, 5.74) is 4.46. The first-order valence-electron chi connectivity index (χ1n) is 9.93. The van der Waals surface area contributed by atoms with Crippen LogP contribution in [0.15, 0.2) is 36.4 Å². The molecule has 1 heterocycles. The Morgan fingerprint density at radius 3 is 2.59 bits per heavy atom. The molecule has 6 heteroatoms. The van der Waals surface area contributed by atoms with E-state index >= 15 is 0 Å². The van der Waals surface area contributed by atoms with E-state index < -0.39 is 0 Å². The Balaban J connectivity index is 1.85. The summed E-state index contributed by atoms with van der Waals surface area (Å²) in [6.07, 6.45) is 1.13. The van der Waals surface area contributed by atoms with Crippen LogP contribution in [-0.2, 0) is 11.2 Å². The average molecular weight is 528 g/mol. The molecule has 0 bridgehead atoms. The number of aryl methyl sites for hydroxylation is 1. The molecule has 2 aromatic rings. The third-order valence-electron chi connectivity index (χ3n) is 5.30. The smallest absolute Gasteiger partial charge is 0.120 e. The summed E-state index contributed by atoms with van der Waals surface area (Å²) in [6.45, 7) is 5.20. The predicted molar refractivity (Wildman–Crippen MR) is 128 cm³/mol. The van der Waals surface area contributed by atoms with E-state index in [4.69, 9.17) is 9.47 Å². The van der Waals surface area contributed by atoms with Crippen molar-refractivity contribution in [1.29, 1.82) is 0 Å². The Bertz CT molecular complexity index is 811. The van der Waals surface area contributed by atoms with Gasteiger partial charge in [-0.05, 0) is 61.6 Å². The first kappa shape index (κ1) is 22.7. The van der Waals surface area contributed by atoms with Gasteiger partial charge in [-0.3, -0.25) is 0 Å². The highest BCUT2D eigenvalue weighted by Gasteiger charge is 2.37. The Labute approximate surface area is 191 Å². The van der Waals surface area contributed by atoms with Crippen LogP contribution in [0.25, 0.3) is 0 Å². The summed E-state index contributed by atoms with van der Waals surface area (Å²) in [5.74, 6) is 1.22. The molecule has 0 aromatic heterocycles. The van der Waals surface area contributed by atoms with E-state index in [-0.39, 0.29) is 20.5 Å². The van der Waals surface area contributed by atoms with Crippen LogP contribution in [-0.4, -0.2) is 45.8 Å². The van der Waals surface area contributed by atoms with Gasteiger partial charge in [0.1, 0.15) is 11.5 Å². The quantitative estimate of drug-likeness (QED) is 0.389. The molecule has 0 aliphatic carbocycles. The van der Waals surface area contributed by atoms with Crippen LogP contribution >= 0.6 is 34.4 Å². The van der Waals surface area contributed by atoms with Gasteiger partial charge in [0.15, 0.2) is 0 Å². The van der Waals surface area contributed by atoms with Gasteiger partial charge in [-0.2, -0.15) is 0 Å². The molecule has 2 aromatic carbocycles. The highest BCUT2D eigenvalue weighted by Crippen LogP contribution is 2.49. The molecular formula is C23H29IO4S. The number of thioether (sulfide) groups is 1. The maximum Gasteiger partial charge on any atom is 0.120 e. The Morgan fingerprint density at radius 2 is 1.93 bits per heavy atom. The minimum atomic E-state index is -0.381. The summed E-state index contributed by atoms with van der Waals surface area (Å²) in [6, 6.07) is 12.2. The topological polar surface area (TPSA) is 58.9 Å². The second kappa shape index (κ2) is 10.4. The predicted octanol–water partition coefficient (Wildman–Crippen LogP) is 5.05. The van der Waals surface area contributed by atoms with Crippen molar-refractivity contribution in [3.63, 3.8) is 0 Å². The number of alkyl halides is 1. The molecule has 0 saturated carbocycles. The van der Waals surface area contributed by atoms with E-state index in [0.29, 0.717) is 25.4 Å². The lowest BCUT2D eigenvalue weighted by Crippen LogP contribution is -2.37. The van der Waals surface area contributed by atoms with Crippen molar-refractivity contribution < 1.29 is 19.7 Å². The molecule has 158 valence electrons. The van der Waals surface area contributed by atoms with Crippen molar-refractivity contribution in [2.24, 2.45) is 0 Å². The number of ether oxygens (including phenoxy) is 2. The van der Waals surface area contributed by atoms with Crippen LogP contribution < -0.4 is 4.74 Å². The Kier molecular flexibility index (Phi) is 8.13. The van der Waals surface area contributed by atoms with Crippen LogP contribution in [0.1, 0.15) is 40.8 Å². The molecule has 4 atom stereocenters. The van der Waals surface area contributed by atoms with Crippen molar-refractivity contribution in [3.05, 3.63) is 58.7 Å². The molecule has 1 saturated heterocycles. The number of hydrogen-bond acceptors (Lipinski definition) is 5. The van der Waals surface area contributed by atoms with E-state index in [0.717, 1.165) is 23.3 Å². The lowest BCUT2D eigenvalue weighted by Gasteiger charge is -2.37. The van der Waals surface area contributed by atoms with Gasteiger partial charge in [-0.25, -0.2) is 0 Å². The van der Waals surface area contributed by atoms with E-state index in [9.17, 15) is 10.2 Å². The monoisotopic (exact) mass is 528 g/mol. The van der Waals surface area contributed by atoms with E-state index in [1.165, 1.54) is 11.1 Å². The lowest BCUT2D eigenvalue weighted by molar-refractivity contribution is 0.107. The second-order valence-corrected chi connectivity index (χ2v) is 10.4. The van der Waals surface area contributed by atoms with Gasteiger partial charge in [0.25, 0.3) is 0 Å².